The van der Waals surface area contributed by atoms with Gasteiger partial charge in [-0.2, -0.15) is 0 Å². The number of phenols is 3. The van der Waals surface area contributed by atoms with Gasteiger partial charge in [0.2, 0.25) is 0 Å². The van der Waals surface area contributed by atoms with Crippen LogP contribution in [-0.4, -0.2) is 35.1 Å². The summed E-state index contributed by atoms with van der Waals surface area (Å²) in [6, 6.07) is 7.73. The molecule has 0 saturated carbocycles. The molecule has 0 fully saturated rings. The van der Waals surface area contributed by atoms with E-state index in [4.69, 9.17) is 14.2 Å². The number of ether oxygens (including phenoxy) is 3. The summed E-state index contributed by atoms with van der Waals surface area (Å²) >= 11 is 0. The van der Waals surface area contributed by atoms with Gasteiger partial charge >= 0.3 is 0 Å². The highest BCUT2D eigenvalue weighted by Crippen LogP contribution is 2.43. The SMILES string of the molecule is CCO[C@@H]1Cc2c(O)cc(O)cc2O[C@@H]1c1ccc(O)c(OC)c1. The molecule has 2 atom stereocenters. The van der Waals surface area contributed by atoms with Gasteiger partial charge in [-0.1, -0.05) is 6.07 Å². The second-order valence-electron chi connectivity index (χ2n) is 5.61. The Labute approximate surface area is 139 Å². The Morgan fingerprint density at radius 3 is 2.62 bits per heavy atom. The van der Waals surface area contributed by atoms with E-state index in [0.29, 0.717) is 30.1 Å². The molecule has 2 aromatic rings. The zero-order valence-corrected chi connectivity index (χ0v) is 13.5. The molecule has 0 bridgehead atoms. The monoisotopic (exact) mass is 332 g/mol. The van der Waals surface area contributed by atoms with E-state index in [9.17, 15) is 15.3 Å². The molecule has 0 aromatic heterocycles. The summed E-state index contributed by atoms with van der Waals surface area (Å²) in [6.07, 6.45) is -0.316. The first-order valence-electron chi connectivity index (χ1n) is 7.73. The lowest BCUT2D eigenvalue weighted by atomic mass is 9.93. The van der Waals surface area contributed by atoms with Gasteiger partial charge in [0, 0.05) is 30.7 Å². The van der Waals surface area contributed by atoms with Crippen LogP contribution in [-0.2, 0) is 11.2 Å². The van der Waals surface area contributed by atoms with E-state index in [1.54, 1.807) is 12.1 Å². The van der Waals surface area contributed by atoms with E-state index in [-0.39, 0.29) is 23.4 Å². The fraction of sp³-hybridized carbons (Fsp3) is 0.333. The number of aromatic hydroxyl groups is 3. The normalized spacial score (nSPS) is 19.4. The van der Waals surface area contributed by atoms with Gasteiger partial charge in [-0.25, -0.2) is 0 Å². The standard InChI is InChI=1S/C18H20O6/c1-3-23-17-9-12-14(21)7-11(19)8-15(12)24-18(17)10-4-5-13(20)16(6-10)22-2/h4-8,17-21H,3,9H2,1-2H3/t17-,18-/m1/s1. The van der Waals surface area contributed by atoms with Gasteiger partial charge in [0.1, 0.15) is 23.4 Å². The van der Waals surface area contributed by atoms with Crippen molar-refractivity contribution >= 4 is 0 Å². The maximum Gasteiger partial charge on any atom is 0.160 e. The average Bonchev–Trinajstić information content (AvgIpc) is 2.55. The zero-order valence-electron chi connectivity index (χ0n) is 13.5. The van der Waals surface area contributed by atoms with E-state index >= 15 is 0 Å². The topological polar surface area (TPSA) is 88.4 Å². The van der Waals surface area contributed by atoms with E-state index in [2.05, 4.69) is 0 Å². The number of hydrogen-bond acceptors (Lipinski definition) is 6. The molecule has 0 unspecified atom stereocenters. The summed E-state index contributed by atoms with van der Waals surface area (Å²) in [7, 11) is 1.48. The molecule has 2 aromatic carbocycles. The molecule has 1 aliphatic heterocycles. The molecule has 0 radical (unpaired) electrons. The number of hydrogen-bond donors (Lipinski definition) is 3. The molecule has 3 rings (SSSR count). The van der Waals surface area contributed by atoms with Crippen molar-refractivity contribution in [2.45, 2.75) is 25.6 Å². The Morgan fingerprint density at radius 1 is 1.12 bits per heavy atom. The van der Waals surface area contributed by atoms with Gasteiger partial charge < -0.3 is 29.5 Å². The fourth-order valence-corrected chi connectivity index (χ4v) is 2.96. The van der Waals surface area contributed by atoms with Gasteiger partial charge in [0.25, 0.3) is 0 Å². The van der Waals surface area contributed by atoms with Crippen molar-refractivity contribution in [2.75, 3.05) is 13.7 Å². The largest absolute Gasteiger partial charge is 0.508 e. The highest BCUT2D eigenvalue weighted by molar-refractivity contribution is 5.52. The Bertz CT molecular complexity index is 743. The van der Waals surface area contributed by atoms with Crippen molar-refractivity contribution in [3.63, 3.8) is 0 Å². The molecular weight excluding hydrogens is 312 g/mol. The highest BCUT2D eigenvalue weighted by Gasteiger charge is 2.34. The van der Waals surface area contributed by atoms with Crippen molar-refractivity contribution in [2.24, 2.45) is 0 Å². The van der Waals surface area contributed by atoms with Crippen molar-refractivity contribution < 1.29 is 29.5 Å². The Morgan fingerprint density at radius 2 is 1.92 bits per heavy atom. The molecule has 1 aliphatic rings. The maximum atomic E-state index is 10.0. The second kappa shape index (κ2) is 6.49. The number of phenolic OH excluding ortho intramolecular Hbond substituents is 3. The molecule has 0 aliphatic carbocycles. The highest BCUT2D eigenvalue weighted by atomic mass is 16.5. The molecule has 0 spiro atoms. The predicted molar refractivity (Wildman–Crippen MR) is 86.9 cm³/mol. The first-order chi connectivity index (χ1) is 11.5. The Hall–Kier alpha value is -2.60. The number of fused-ring (bicyclic) bond motifs is 1. The summed E-state index contributed by atoms with van der Waals surface area (Å²) in [5, 5.41) is 29.5. The van der Waals surface area contributed by atoms with Gasteiger partial charge in [-0.3, -0.25) is 0 Å². The van der Waals surface area contributed by atoms with Gasteiger partial charge in [-0.15, -0.1) is 0 Å². The summed E-state index contributed by atoms with van der Waals surface area (Å²) in [4.78, 5) is 0. The summed E-state index contributed by atoms with van der Waals surface area (Å²) in [5.41, 5.74) is 1.38. The molecule has 6 heteroatoms. The van der Waals surface area contributed by atoms with Crippen LogP contribution in [0.1, 0.15) is 24.2 Å². The van der Waals surface area contributed by atoms with Gasteiger partial charge in [0.15, 0.2) is 17.6 Å². The predicted octanol–water partition coefficient (Wildman–Crippen LogP) is 2.89. The summed E-state index contributed by atoms with van der Waals surface area (Å²) < 4.78 is 16.9. The summed E-state index contributed by atoms with van der Waals surface area (Å²) in [5.74, 6) is 0.719. The minimum absolute atomic E-state index is 0.0172. The Kier molecular flexibility index (Phi) is 4.40. The third-order valence-electron chi connectivity index (χ3n) is 4.08. The third kappa shape index (κ3) is 2.92. The van der Waals surface area contributed by atoms with Crippen molar-refractivity contribution in [1.82, 2.24) is 0 Å². The average molecular weight is 332 g/mol. The van der Waals surface area contributed by atoms with E-state index in [1.165, 1.54) is 25.3 Å². The van der Waals surface area contributed by atoms with Crippen molar-refractivity contribution in [3.8, 4) is 28.7 Å². The number of benzene rings is 2. The van der Waals surface area contributed by atoms with Crippen LogP contribution in [0.15, 0.2) is 30.3 Å². The first kappa shape index (κ1) is 16.3. The fourth-order valence-electron chi connectivity index (χ4n) is 2.96. The van der Waals surface area contributed by atoms with Crippen molar-refractivity contribution in [3.05, 3.63) is 41.5 Å². The second-order valence-corrected chi connectivity index (χ2v) is 5.61. The molecule has 24 heavy (non-hydrogen) atoms. The molecule has 1 heterocycles. The maximum absolute atomic E-state index is 10.0. The lowest BCUT2D eigenvalue weighted by Crippen LogP contribution is -2.33. The van der Waals surface area contributed by atoms with Crippen molar-refractivity contribution in [1.29, 1.82) is 0 Å². The summed E-state index contributed by atoms with van der Waals surface area (Å²) in [6.45, 7) is 2.38. The van der Waals surface area contributed by atoms with Crippen LogP contribution in [0.4, 0.5) is 0 Å². The van der Waals surface area contributed by atoms with Crippen LogP contribution in [0.25, 0.3) is 0 Å². The van der Waals surface area contributed by atoms with Crippen LogP contribution in [0.3, 0.4) is 0 Å². The quantitative estimate of drug-likeness (QED) is 0.798. The van der Waals surface area contributed by atoms with Crippen LogP contribution < -0.4 is 9.47 Å². The third-order valence-corrected chi connectivity index (χ3v) is 4.08. The first-order valence-corrected chi connectivity index (χ1v) is 7.73. The number of methoxy groups -OCH3 is 1. The minimum atomic E-state index is -0.451. The van der Waals surface area contributed by atoms with Crippen LogP contribution in [0.2, 0.25) is 0 Å². The smallest absolute Gasteiger partial charge is 0.160 e. The van der Waals surface area contributed by atoms with Crippen LogP contribution in [0, 0.1) is 0 Å². The lowest BCUT2D eigenvalue weighted by molar-refractivity contribution is -0.0332. The molecular formula is C18H20O6. The molecule has 3 N–H and O–H groups in total. The van der Waals surface area contributed by atoms with Crippen LogP contribution in [0.5, 0.6) is 28.7 Å². The van der Waals surface area contributed by atoms with Gasteiger partial charge in [-0.05, 0) is 24.6 Å². The molecule has 6 nitrogen and oxygen atoms in total. The van der Waals surface area contributed by atoms with E-state index < -0.39 is 6.10 Å². The van der Waals surface area contributed by atoms with Gasteiger partial charge in [0.05, 0.1) is 7.11 Å². The minimum Gasteiger partial charge on any atom is -0.508 e. The van der Waals surface area contributed by atoms with E-state index in [0.717, 1.165) is 5.56 Å². The lowest BCUT2D eigenvalue weighted by Gasteiger charge is -2.34. The molecule has 0 amide bonds. The number of rotatable bonds is 4. The van der Waals surface area contributed by atoms with E-state index in [1.807, 2.05) is 6.92 Å². The molecule has 0 saturated heterocycles. The molecule has 128 valence electrons. The Balaban J connectivity index is 2.02. The zero-order chi connectivity index (χ0) is 17.3. The van der Waals surface area contributed by atoms with Crippen LogP contribution >= 0.6 is 0 Å².